The number of rotatable bonds is 4. The van der Waals surface area contributed by atoms with E-state index in [0.29, 0.717) is 12.5 Å². The van der Waals surface area contributed by atoms with Crippen molar-refractivity contribution in [3.8, 4) is 0 Å². The van der Waals surface area contributed by atoms with Crippen molar-refractivity contribution in [1.82, 2.24) is 4.90 Å². The third-order valence-electron chi connectivity index (χ3n) is 6.24. The van der Waals surface area contributed by atoms with Gasteiger partial charge in [0.25, 0.3) is 5.69 Å². The van der Waals surface area contributed by atoms with Crippen LogP contribution < -0.4 is 4.90 Å². The summed E-state index contributed by atoms with van der Waals surface area (Å²) in [4.78, 5) is 15.0. The van der Waals surface area contributed by atoms with Gasteiger partial charge in [0.05, 0.1) is 11.0 Å². The topological polar surface area (TPSA) is 69.9 Å². The molecule has 2 fully saturated rings. The molecule has 4 rings (SSSR count). The Hall–Kier alpha value is -2.44. The average molecular weight is 381 g/mol. The standard InChI is InChI=1S/C22H27N3O3/c26-22-16-24(19-6-8-20(9-7-19)25(27)28)15-12-21(22)23-13-10-18(11-14-23)17-4-2-1-3-5-17/h1-9,18,21-22,26H,10-16H2/t21-,22-/m1/s1. The molecule has 0 radical (unpaired) electrons. The predicted octanol–water partition coefficient (Wildman–Crippen LogP) is 3.41. The summed E-state index contributed by atoms with van der Waals surface area (Å²) in [6.45, 7) is 3.48. The highest BCUT2D eigenvalue weighted by atomic mass is 16.6. The number of benzene rings is 2. The molecule has 2 aromatic rings. The van der Waals surface area contributed by atoms with E-state index in [1.165, 1.54) is 17.7 Å². The number of nitro groups is 1. The lowest BCUT2D eigenvalue weighted by atomic mass is 9.87. The minimum absolute atomic E-state index is 0.0977. The first-order valence-electron chi connectivity index (χ1n) is 10.1. The normalized spacial score (nSPS) is 24.2. The monoisotopic (exact) mass is 381 g/mol. The number of nitro benzene ring substituents is 1. The summed E-state index contributed by atoms with van der Waals surface area (Å²) in [7, 11) is 0. The number of anilines is 1. The van der Waals surface area contributed by atoms with Crippen LogP contribution >= 0.6 is 0 Å². The Bertz CT molecular complexity index is 788. The van der Waals surface area contributed by atoms with Crippen molar-refractivity contribution in [2.24, 2.45) is 0 Å². The maximum atomic E-state index is 10.8. The van der Waals surface area contributed by atoms with E-state index in [0.717, 1.165) is 44.6 Å². The summed E-state index contributed by atoms with van der Waals surface area (Å²) in [5, 5.41) is 21.6. The molecule has 0 amide bonds. The zero-order valence-corrected chi connectivity index (χ0v) is 16.0. The number of non-ortho nitro benzene ring substituents is 1. The van der Waals surface area contributed by atoms with Crippen LogP contribution in [-0.4, -0.2) is 53.3 Å². The van der Waals surface area contributed by atoms with Gasteiger partial charge in [0.1, 0.15) is 0 Å². The molecule has 6 nitrogen and oxygen atoms in total. The van der Waals surface area contributed by atoms with Crippen LogP contribution in [0.15, 0.2) is 54.6 Å². The van der Waals surface area contributed by atoms with Crippen molar-refractivity contribution in [3.05, 3.63) is 70.3 Å². The fourth-order valence-electron chi connectivity index (χ4n) is 4.65. The highest BCUT2D eigenvalue weighted by Gasteiger charge is 2.34. The largest absolute Gasteiger partial charge is 0.390 e. The Morgan fingerprint density at radius 1 is 0.929 bits per heavy atom. The van der Waals surface area contributed by atoms with Gasteiger partial charge >= 0.3 is 0 Å². The van der Waals surface area contributed by atoms with Crippen LogP contribution in [0.2, 0.25) is 0 Å². The third-order valence-corrected chi connectivity index (χ3v) is 6.24. The number of nitrogens with zero attached hydrogens (tertiary/aromatic N) is 3. The molecule has 0 saturated carbocycles. The van der Waals surface area contributed by atoms with Crippen LogP contribution in [0.3, 0.4) is 0 Å². The molecule has 2 aliphatic rings. The van der Waals surface area contributed by atoms with Gasteiger partial charge in [-0.2, -0.15) is 0 Å². The van der Waals surface area contributed by atoms with Crippen LogP contribution in [0.5, 0.6) is 0 Å². The number of hydrogen-bond acceptors (Lipinski definition) is 5. The Morgan fingerprint density at radius 2 is 1.61 bits per heavy atom. The average Bonchev–Trinajstić information content (AvgIpc) is 2.74. The number of likely N-dealkylation sites (tertiary alicyclic amines) is 1. The molecule has 2 atom stereocenters. The molecule has 0 spiro atoms. The highest BCUT2D eigenvalue weighted by molar-refractivity contribution is 5.51. The van der Waals surface area contributed by atoms with Gasteiger partial charge in [-0.1, -0.05) is 30.3 Å². The van der Waals surface area contributed by atoms with Crippen LogP contribution in [0, 0.1) is 10.1 Å². The van der Waals surface area contributed by atoms with Gasteiger partial charge in [-0.25, -0.2) is 0 Å². The number of piperidine rings is 2. The van der Waals surface area contributed by atoms with E-state index in [1.54, 1.807) is 12.1 Å². The molecule has 0 unspecified atom stereocenters. The summed E-state index contributed by atoms with van der Waals surface area (Å²) < 4.78 is 0. The summed E-state index contributed by atoms with van der Waals surface area (Å²) in [5.41, 5.74) is 2.46. The van der Waals surface area contributed by atoms with Crippen molar-refractivity contribution in [2.45, 2.75) is 37.3 Å². The van der Waals surface area contributed by atoms with Crippen LogP contribution in [0.1, 0.15) is 30.7 Å². The fourth-order valence-corrected chi connectivity index (χ4v) is 4.65. The van der Waals surface area contributed by atoms with Crippen LogP contribution in [-0.2, 0) is 0 Å². The highest BCUT2D eigenvalue weighted by Crippen LogP contribution is 2.31. The molecule has 0 bridgehead atoms. The van der Waals surface area contributed by atoms with E-state index < -0.39 is 6.10 Å². The molecule has 0 aliphatic carbocycles. The maximum Gasteiger partial charge on any atom is 0.269 e. The lowest BCUT2D eigenvalue weighted by molar-refractivity contribution is -0.384. The maximum absolute atomic E-state index is 10.8. The molecule has 6 heteroatoms. The summed E-state index contributed by atoms with van der Waals surface area (Å²) >= 11 is 0. The van der Waals surface area contributed by atoms with Gasteiger partial charge in [-0.3, -0.25) is 15.0 Å². The number of aliphatic hydroxyl groups excluding tert-OH is 1. The summed E-state index contributed by atoms with van der Waals surface area (Å²) in [5.74, 6) is 0.620. The molecule has 0 aromatic heterocycles. The second kappa shape index (κ2) is 8.29. The lowest BCUT2D eigenvalue weighted by Crippen LogP contribution is -2.55. The minimum Gasteiger partial charge on any atom is -0.390 e. The van der Waals surface area contributed by atoms with Crippen molar-refractivity contribution < 1.29 is 10.0 Å². The fraction of sp³-hybridized carbons (Fsp3) is 0.455. The summed E-state index contributed by atoms with van der Waals surface area (Å²) in [6.07, 6.45) is 2.78. The second-order valence-electron chi connectivity index (χ2n) is 7.86. The zero-order chi connectivity index (χ0) is 19.5. The molecule has 28 heavy (non-hydrogen) atoms. The minimum atomic E-state index is -0.405. The SMILES string of the molecule is O=[N+]([O-])c1ccc(N2CC[C@@H](N3CCC(c4ccccc4)CC3)[C@H](O)C2)cc1. The Morgan fingerprint density at radius 3 is 2.21 bits per heavy atom. The van der Waals surface area contributed by atoms with Crippen LogP contribution in [0.25, 0.3) is 0 Å². The first-order chi connectivity index (χ1) is 13.6. The first kappa shape index (κ1) is 18.9. The van der Waals surface area contributed by atoms with E-state index in [4.69, 9.17) is 0 Å². The number of β-amino-alcohol motifs (C(OH)–C–C–N with tert-alkyl or cyclic N) is 1. The predicted molar refractivity (Wildman–Crippen MR) is 110 cm³/mol. The zero-order valence-electron chi connectivity index (χ0n) is 16.0. The first-order valence-corrected chi connectivity index (χ1v) is 10.1. The Kier molecular flexibility index (Phi) is 5.59. The number of hydrogen-bond donors (Lipinski definition) is 1. The van der Waals surface area contributed by atoms with Crippen LogP contribution in [0.4, 0.5) is 11.4 Å². The van der Waals surface area contributed by atoms with Gasteiger partial charge in [-0.05, 0) is 56.0 Å². The smallest absolute Gasteiger partial charge is 0.269 e. The third kappa shape index (κ3) is 4.03. The van der Waals surface area contributed by atoms with Gasteiger partial charge in [0.15, 0.2) is 0 Å². The quantitative estimate of drug-likeness (QED) is 0.649. The Balaban J connectivity index is 1.33. The van der Waals surface area contributed by atoms with Gasteiger partial charge in [0.2, 0.25) is 0 Å². The van der Waals surface area contributed by atoms with Crippen molar-refractivity contribution in [1.29, 1.82) is 0 Å². The van der Waals surface area contributed by atoms with E-state index in [1.807, 2.05) is 0 Å². The van der Waals surface area contributed by atoms with Crippen molar-refractivity contribution in [3.63, 3.8) is 0 Å². The second-order valence-corrected chi connectivity index (χ2v) is 7.86. The molecule has 148 valence electrons. The molecule has 2 aliphatic heterocycles. The lowest BCUT2D eigenvalue weighted by Gasteiger charge is -2.45. The molecule has 2 saturated heterocycles. The van der Waals surface area contributed by atoms with E-state index in [9.17, 15) is 15.2 Å². The molecular weight excluding hydrogens is 354 g/mol. The Labute approximate surface area is 165 Å². The van der Waals surface area contributed by atoms with Gasteiger partial charge in [-0.15, -0.1) is 0 Å². The van der Waals surface area contributed by atoms with Crippen molar-refractivity contribution in [2.75, 3.05) is 31.1 Å². The van der Waals surface area contributed by atoms with Gasteiger partial charge in [0, 0.05) is 37.0 Å². The van der Waals surface area contributed by atoms with E-state index in [-0.39, 0.29) is 16.7 Å². The van der Waals surface area contributed by atoms with E-state index in [2.05, 4.69) is 40.1 Å². The molecule has 1 N–H and O–H groups in total. The molecular formula is C22H27N3O3. The van der Waals surface area contributed by atoms with Crippen molar-refractivity contribution >= 4 is 11.4 Å². The molecule has 2 heterocycles. The van der Waals surface area contributed by atoms with Gasteiger partial charge < -0.3 is 10.0 Å². The number of aliphatic hydroxyl groups is 1. The summed E-state index contributed by atoms with van der Waals surface area (Å²) in [6, 6.07) is 17.5. The van der Waals surface area contributed by atoms with E-state index >= 15 is 0 Å². The molecule has 2 aromatic carbocycles.